The molecule has 0 saturated heterocycles. The number of carbonyl (C=O) groups is 1. The minimum Gasteiger partial charge on any atom is -0.466 e. The molecule has 16 heavy (non-hydrogen) atoms. The van der Waals surface area contributed by atoms with Gasteiger partial charge in [0.1, 0.15) is 0 Å². The first-order valence-electron chi connectivity index (χ1n) is 5.52. The van der Waals surface area contributed by atoms with Gasteiger partial charge in [-0.2, -0.15) is 0 Å². The van der Waals surface area contributed by atoms with Crippen molar-refractivity contribution in [1.29, 1.82) is 0 Å². The molecule has 1 aromatic rings. The van der Waals surface area contributed by atoms with Gasteiger partial charge in [-0.1, -0.05) is 31.2 Å². The van der Waals surface area contributed by atoms with Crippen molar-refractivity contribution in [2.75, 3.05) is 6.61 Å². The molecule has 0 aliphatic rings. The molecule has 0 heterocycles. The zero-order chi connectivity index (χ0) is 12.0. The number of carbonyl (C=O) groups excluding carboxylic acids is 1. The first-order valence-corrected chi connectivity index (χ1v) is 5.52. The van der Waals surface area contributed by atoms with E-state index < -0.39 is 0 Å². The van der Waals surface area contributed by atoms with Crippen molar-refractivity contribution in [2.24, 2.45) is 0 Å². The van der Waals surface area contributed by atoms with E-state index in [1.807, 2.05) is 31.2 Å². The first kappa shape index (κ1) is 12.7. The molecule has 0 fully saturated rings. The van der Waals surface area contributed by atoms with Gasteiger partial charge in [-0.05, 0) is 24.0 Å². The minimum absolute atomic E-state index is 0.0482. The average molecular weight is 222 g/mol. The van der Waals surface area contributed by atoms with Crippen molar-refractivity contribution in [2.45, 2.75) is 32.8 Å². The molecule has 0 bridgehead atoms. The maximum absolute atomic E-state index is 11.3. The van der Waals surface area contributed by atoms with Gasteiger partial charge in [0, 0.05) is 0 Å². The minimum atomic E-state index is -0.166. The van der Waals surface area contributed by atoms with Crippen LogP contribution in [0.5, 0.6) is 0 Å². The summed E-state index contributed by atoms with van der Waals surface area (Å²) in [5.74, 6) is -0.0203. The summed E-state index contributed by atoms with van der Waals surface area (Å²) < 4.78 is 4.90. The summed E-state index contributed by atoms with van der Waals surface area (Å²) in [6.45, 7) is 4.27. The Labute approximate surface area is 96.1 Å². The number of benzene rings is 1. The molecule has 1 atom stereocenters. The Morgan fingerprint density at radius 3 is 2.50 bits per heavy atom. The number of hydrogen-bond acceptors (Lipinski definition) is 3. The highest BCUT2D eigenvalue weighted by Crippen LogP contribution is 2.19. The van der Waals surface area contributed by atoms with E-state index in [2.05, 4.69) is 0 Å². The van der Waals surface area contributed by atoms with Crippen molar-refractivity contribution in [3.8, 4) is 0 Å². The smallest absolute Gasteiger partial charge is 0.306 e. The Morgan fingerprint density at radius 2 is 2.00 bits per heavy atom. The van der Waals surface area contributed by atoms with E-state index in [0.717, 1.165) is 11.1 Å². The molecule has 88 valence electrons. The second-order valence-corrected chi connectivity index (χ2v) is 3.81. The lowest BCUT2D eigenvalue weighted by atomic mass is 9.97. The van der Waals surface area contributed by atoms with Crippen LogP contribution in [-0.2, 0) is 16.1 Å². The van der Waals surface area contributed by atoms with Gasteiger partial charge in [-0.25, -0.2) is 0 Å². The molecule has 0 amide bonds. The summed E-state index contributed by atoms with van der Waals surface area (Å²) in [6.07, 6.45) is 0.395. The lowest BCUT2D eigenvalue weighted by Gasteiger charge is -2.11. The Kier molecular flexibility index (Phi) is 4.99. The van der Waals surface area contributed by atoms with Crippen molar-refractivity contribution in [3.05, 3.63) is 35.4 Å². The van der Waals surface area contributed by atoms with Crippen molar-refractivity contribution >= 4 is 5.97 Å². The molecule has 0 radical (unpaired) electrons. The molecular weight excluding hydrogens is 204 g/mol. The van der Waals surface area contributed by atoms with Gasteiger partial charge >= 0.3 is 5.97 Å². The summed E-state index contributed by atoms with van der Waals surface area (Å²) in [7, 11) is 0. The van der Waals surface area contributed by atoms with Crippen LogP contribution < -0.4 is 0 Å². The lowest BCUT2D eigenvalue weighted by Crippen LogP contribution is -2.08. The molecule has 0 unspecified atom stereocenters. The second-order valence-electron chi connectivity index (χ2n) is 3.81. The van der Waals surface area contributed by atoms with Crippen molar-refractivity contribution in [3.63, 3.8) is 0 Å². The van der Waals surface area contributed by atoms with Gasteiger partial charge in [0.15, 0.2) is 0 Å². The van der Waals surface area contributed by atoms with E-state index in [4.69, 9.17) is 9.84 Å². The van der Waals surface area contributed by atoms with Gasteiger partial charge in [0.25, 0.3) is 0 Å². The zero-order valence-corrected chi connectivity index (χ0v) is 9.77. The quantitative estimate of drug-likeness (QED) is 0.777. The number of rotatable bonds is 5. The Hall–Kier alpha value is -1.35. The maximum atomic E-state index is 11.3. The van der Waals surface area contributed by atoms with Gasteiger partial charge in [0.2, 0.25) is 0 Å². The highest BCUT2D eigenvalue weighted by atomic mass is 16.5. The van der Waals surface area contributed by atoms with Crippen LogP contribution >= 0.6 is 0 Å². The van der Waals surface area contributed by atoms with E-state index in [1.165, 1.54) is 0 Å². The van der Waals surface area contributed by atoms with E-state index in [1.54, 1.807) is 6.92 Å². The number of ether oxygens (including phenoxy) is 1. The topological polar surface area (TPSA) is 46.5 Å². The van der Waals surface area contributed by atoms with Crippen LogP contribution in [0.4, 0.5) is 0 Å². The monoisotopic (exact) mass is 222 g/mol. The van der Waals surface area contributed by atoms with Gasteiger partial charge in [-0.3, -0.25) is 4.79 Å². The molecule has 0 saturated carbocycles. The normalized spacial score (nSPS) is 12.2. The fourth-order valence-electron chi connectivity index (χ4n) is 1.54. The predicted octanol–water partition coefficient (Wildman–Crippen LogP) is 2.24. The van der Waals surface area contributed by atoms with E-state index in [9.17, 15) is 4.79 Å². The molecule has 1 N–H and O–H groups in total. The van der Waals surface area contributed by atoms with Crippen LogP contribution in [0.3, 0.4) is 0 Å². The molecule has 0 aromatic heterocycles. The number of esters is 1. The van der Waals surface area contributed by atoms with Crippen LogP contribution in [0.1, 0.15) is 37.3 Å². The Bertz CT molecular complexity index is 330. The third-order valence-corrected chi connectivity index (χ3v) is 2.51. The SMILES string of the molecule is CCOC(=O)C[C@H](C)c1ccc(CO)cc1. The van der Waals surface area contributed by atoms with Crippen LogP contribution in [0.25, 0.3) is 0 Å². The number of hydrogen-bond donors (Lipinski definition) is 1. The van der Waals surface area contributed by atoms with E-state index >= 15 is 0 Å². The third-order valence-electron chi connectivity index (χ3n) is 2.51. The molecule has 0 aliphatic carbocycles. The number of aliphatic hydroxyl groups is 1. The van der Waals surface area contributed by atoms with Crippen LogP contribution in [-0.4, -0.2) is 17.7 Å². The van der Waals surface area contributed by atoms with Gasteiger partial charge in [-0.15, -0.1) is 0 Å². The molecule has 0 aliphatic heterocycles. The number of aliphatic hydroxyl groups excluding tert-OH is 1. The van der Waals surface area contributed by atoms with E-state index in [-0.39, 0.29) is 18.5 Å². The zero-order valence-electron chi connectivity index (χ0n) is 9.77. The maximum Gasteiger partial charge on any atom is 0.306 e. The Balaban J connectivity index is 2.58. The van der Waals surface area contributed by atoms with Crippen LogP contribution in [0, 0.1) is 0 Å². The second kappa shape index (κ2) is 6.28. The highest BCUT2D eigenvalue weighted by Gasteiger charge is 2.11. The summed E-state index contributed by atoms with van der Waals surface area (Å²) >= 11 is 0. The van der Waals surface area contributed by atoms with E-state index in [0.29, 0.717) is 13.0 Å². The van der Waals surface area contributed by atoms with Gasteiger partial charge in [0.05, 0.1) is 19.6 Å². The standard InChI is InChI=1S/C13H18O3/c1-3-16-13(15)8-10(2)12-6-4-11(9-14)5-7-12/h4-7,10,14H,3,8-9H2,1-2H3/t10-/m0/s1. The summed E-state index contributed by atoms with van der Waals surface area (Å²) in [5, 5.41) is 8.91. The van der Waals surface area contributed by atoms with Crippen LogP contribution in [0.15, 0.2) is 24.3 Å². The highest BCUT2D eigenvalue weighted by molar-refractivity contribution is 5.70. The van der Waals surface area contributed by atoms with Crippen LogP contribution in [0.2, 0.25) is 0 Å². The molecular formula is C13H18O3. The summed E-state index contributed by atoms with van der Waals surface area (Å²) in [6, 6.07) is 7.62. The fraction of sp³-hybridized carbons (Fsp3) is 0.462. The summed E-state index contributed by atoms with van der Waals surface area (Å²) in [5.41, 5.74) is 1.97. The lowest BCUT2D eigenvalue weighted by molar-refractivity contribution is -0.143. The third kappa shape index (κ3) is 3.66. The molecule has 3 heteroatoms. The predicted molar refractivity (Wildman–Crippen MR) is 62.0 cm³/mol. The first-order chi connectivity index (χ1) is 7.67. The Morgan fingerprint density at radius 1 is 1.38 bits per heavy atom. The van der Waals surface area contributed by atoms with Crippen molar-refractivity contribution < 1.29 is 14.6 Å². The molecule has 3 nitrogen and oxygen atoms in total. The van der Waals surface area contributed by atoms with Gasteiger partial charge < -0.3 is 9.84 Å². The largest absolute Gasteiger partial charge is 0.466 e. The summed E-state index contributed by atoms with van der Waals surface area (Å²) in [4.78, 5) is 11.3. The molecule has 1 aromatic carbocycles. The molecule has 0 spiro atoms. The molecule has 1 rings (SSSR count). The fourth-order valence-corrected chi connectivity index (χ4v) is 1.54. The van der Waals surface area contributed by atoms with Crippen molar-refractivity contribution in [1.82, 2.24) is 0 Å². The average Bonchev–Trinajstić information content (AvgIpc) is 2.29.